The van der Waals surface area contributed by atoms with Crippen LogP contribution in [0, 0.1) is 6.92 Å². The number of benzene rings is 2. The van der Waals surface area contributed by atoms with Crippen molar-refractivity contribution in [2.24, 2.45) is 0 Å². The zero-order valence-corrected chi connectivity index (χ0v) is 19.8. The highest BCUT2D eigenvalue weighted by molar-refractivity contribution is 7.99. The molecule has 0 aromatic heterocycles. The summed E-state index contributed by atoms with van der Waals surface area (Å²) in [5.74, 6) is 0.804. The maximum absolute atomic E-state index is 12.1. The number of nitrogens with zero attached hydrogens (tertiary/aromatic N) is 1. The van der Waals surface area contributed by atoms with Gasteiger partial charge in [0.15, 0.2) is 0 Å². The van der Waals surface area contributed by atoms with Crippen molar-refractivity contribution in [3.05, 3.63) is 59.7 Å². The SMILES string of the molecule is CC.COc1ccccc1Sc1ccc(/C=C/C(=O)NCCN2CCOCC2)c(C)c1. The van der Waals surface area contributed by atoms with Crippen molar-refractivity contribution >= 4 is 23.7 Å². The van der Waals surface area contributed by atoms with E-state index in [0.717, 1.165) is 59.5 Å². The van der Waals surface area contributed by atoms with E-state index in [9.17, 15) is 4.79 Å². The molecule has 1 aliphatic heterocycles. The molecular weight excluding hydrogens is 408 g/mol. The van der Waals surface area contributed by atoms with Gasteiger partial charge in [-0.1, -0.05) is 43.8 Å². The maximum atomic E-state index is 12.1. The first-order chi connectivity index (χ1) is 15.2. The van der Waals surface area contributed by atoms with Gasteiger partial charge in [-0.2, -0.15) is 0 Å². The molecule has 1 N–H and O–H groups in total. The monoisotopic (exact) mass is 442 g/mol. The molecule has 1 fully saturated rings. The number of aryl methyl sites for hydroxylation is 1. The Kier molecular flexibility index (Phi) is 11.2. The minimum Gasteiger partial charge on any atom is -0.496 e. The number of hydrogen-bond acceptors (Lipinski definition) is 5. The number of methoxy groups -OCH3 is 1. The minimum absolute atomic E-state index is 0.0647. The predicted molar refractivity (Wildman–Crippen MR) is 129 cm³/mol. The molecule has 0 bridgehead atoms. The fraction of sp³-hybridized carbons (Fsp3) is 0.400. The first kappa shape index (κ1) is 25.0. The Morgan fingerprint density at radius 3 is 2.65 bits per heavy atom. The van der Waals surface area contributed by atoms with Gasteiger partial charge in [-0.3, -0.25) is 9.69 Å². The third-order valence-corrected chi connectivity index (χ3v) is 5.83. The van der Waals surface area contributed by atoms with Gasteiger partial charge in [0.2, 0.25) is 5.91 Å². The summed E-state index contributed by atoms with van der Waals surface area (Å²) in [6.07, 6.45) is 3.48. The van der Waals surface area contributed by atoms with E-state index in [-0.39, 0.29) is 5.91 Å². The van der Waals surface area contributed by atoms with Gasteiger partial charge in [0.1, 0.15) is 5.75 Å². The van der Waals surface area contributed by atoms with Crippen LogP contribution in [0.2, 0.25) is 0 Å². The van der Waals surface area contributed by atoms with Crippen LogP contribution in [0.4, 0.5) is 0 Å². The van der Waals surface area contributed by atoms with E-state index in [0.29, 0.717) is 6.54 Å². The Bertz CT molecular complexity index is 848. The Morgan fingerprint density at radius 2 is 1.94 bits per heavy atom. The Balaban J connectivity index is 0.00000166. The second kappa shape index (κ2) is 13.9. The molecule has 3 rings (SSSR count). The smallest absolute Gasteiger partial charge is 0.244 e. The number of nitrogens with one attached hydrogen (secondary N) is 1. The van der Waals surface area contributed by atoms with Gasteiger partial charge in [0, 0.05) is 37.2 Å². The summed E-state index contributed by atoms with van der Waals surface area (Å²) in [5, 5.41) is 2.95. The maximum Gasteiger partial charge on any atom is 0.244 e. The molecule has 0 spiro atoms. The second-order valence-corrected chi connectivity index (χ2v) is 7.97. The highest BCUT2D eigenvalue weighted by Gasteiger charge is 2.09. The van der Waals surface area contributed by atoms with E-state index < -0.39 is 0 Å². The minimum atomic E-state index is -0.0647. The molecule has 2 aromatic carbocycles. The zero-order chi connectivity index (χ0) is 22.5. The largest absolute Gasteiger partial charge is 0.496 e. The molecule has 1 saturated heterocycles. The molecule has 0 radical (unpaired) electrons. The van der Waals surface area contributed by atoms with Crippen LogP contribution in [-0.2, 0) is 9.53 Å². The lowest BCUT2D eigenvalue weighted by atomic mass is 10.1. The van der Waals surface area contributed by atoms with Crippen molar-refractivity contribution in [2.45, 2.75) is 30.6 Å². The second-order valence-electron chi connectivity index (χ2n) is 6.85. The van der Waals surface area contributed by atoms with E-state index in [1.54, 1.807) is 24.9 Å². The third-order valence-electron chi connectivity index (χ3n) is 4.78. The molecule has 0 aliphatic carbocycles. The van der Waals surface area contributed by atoms with E-state index >= 15 is 0 Å². The lowest BCUT2D eigenvalue weighted by molar-refractivity contribution is -0.116. The van der Waals surface area contributed by atoms with Gasteiger partial charge in [-0.05, 0) is 48.4 Å². The lowest BCUT2D eigenvalue weighted by Crippen LogP contribution is -2.41. The molecule has 1 amide bonds. The topological polar surface area (TPSA) is 50.8 Å². The first-order valence-electron chi connectivity index (χ1n) is 10.8. The van der Waals surface area contributed by atoms with Gasteiger partial charge in [0.25, 0.3) is 0 Å². The fourth-order valence-corrected chi connectivity index (χ4v) is 4.14. The van der Waals surface area contributed by atoms with Crippen LogP contribution in [0.1, 0.15) is 25.0 Å². The summed E-state index contributed by atoms with van der Waals surface area (Å²) in [4.78, 5) is 16.6. The molecule has 6 heteroatoms. The highest BCUT2D eigenvalue weighted by atomic mass is 32.2. The lowest BCUT2D eigenvalue weighted by Gasteiger charge is -2.26. The summed E-state index contributed by atoms with van der Waals surface area (Å²) < 4.78 is 10.8. The van der Waals surface area contributed by atoms with Crippen molar-refractivity contribution < 1.29 is 14.3 Å². The quantitative estimate of drug-likeness (QED) is 0.604. The number of para-hydroxylation sites is 1. The number of morpholine rings is 1. The van der Waals surface area contributed by atoms with Crippen molar-refractivity contribution in [2.75, 3.05) is 46.5 Å². The first-order valence-corrected chi connectivity index (χ1v) is 11.6. The van der Waals surface area contributed by atoms with E-state index in [2.05, 4.69) is 29.3 Å². The summed E-state index contributed by atoms with van der Waals surface area (Å²) in [7, 11) is 1.69. The molecule has 5 nitrogen and oxygen atoms in total. The summed E-state index contributed by atoms with van der Waals surface area (Å²) in [5.41, 5.74) is 2.17. The van der Waals surface area contributed by atoms with Crippen molar-refractivity contribution in [1.82, 2.24) is 10.2 Å². The fourth-order valence-electron chi connectivity index (χ4n) is 3.12. The molecule has 168 valence electrons. The Labute approximate surface area is 190 Å². The molecule has 31 heavy (non-hydrogen) atoms. The van der Waals surface area contributed by atoms with Crippen LogP contribution in [0.25, 0.3) is 6.08 Å². The normalized spacial score (nSPS) is 14.1. The molecule has 1 aliphatic rings. The predicted octanol–water partition coefficient (Wildman–Crippen LogP) is 4.64. The van der Waals surface area contributed by atoms with Crippen molar-refractivity contribution in [3.63, 3.8) is 0 Å². The molecule has 2 aromatic rings. The number of carbonyl (C=O) groups excluding carboxylic acids is 1. The Hall–Kier alpha value is -2.28. The van der Waals surface area contributed by atoms with Crippen LogP contribution in [0.3, 0.4) is 0 Å². The van der Waals surface area contributed by atoms with Gasteiger partial charge in [0.05, 0.1) is 25.2 Å². The Morgan fingerprint density at radius 1 is 1.19 bits per heavy atom. The summed E-state index contributed by atoms with van der Waals surface area (Å²) in [6.45, 7) is 11.0. The highest BCUT2D eigenvalue weighted by Crippen LogP contribution is 2.35. The zero-order valence-electron chi connectivity index (χ0n) is 19.0. The standard InChI is InChI=1S/C23H28N2O3S.C2H6/c1-18-17-20(29-22-6-4-3-5-21(22)27-2)9-7-19(18)8-10-23(26)24-11-12-25-13-15-28-16-14-25;1-2/h3-10,17H,11-16H2,1-2H3,(H,24,26);1-2H3/b10-8+;. The average molecular weight is 443 g/mol. The van der Waals surface area contributed by atoms with Crippen LogP contribution < -0.4 is 10.1 Å². The third kappa shape index (κ3) is 8.40. The van der Waals surface area contributed by atoms with Crippen LogP contribution >= 0.6 is 11.8 Å². The van der Waals surface area contributed by atoms with Gasteiger partial charge in [-0.25, -0.2) is 0 Å². The number of amides is 1. The van der Waals surface area contributed by atoms with E-state index in [1.807, 2.05) is 50.3 Å². The average Bonchev–Trinajstić information content (AvgIpc) is 2.81. The number of ether oxygens (including phenoxy) is 2. The number of hydrogen-bond donors (Lipinski definition) is 1. The van der Waals surface area contributed by atoms with Crippen LogP contribution in [0.15, 0.2) is 58.3 Å². The van der Waals surface area contributed by atoms with Crippen LogP contribution in [-0.4, -0.2) is 57.3 Å². The van der Waals surface area contributed by atoms with E-state index in [4.69, 9.17) is 9.47 Å². The van der Waals surface area contributed by atoms with Gasteiger partial charge >= 0.3 is 0 Å². The molecule has 0 saturated carbocycles. The van der Waals surface area contributed by atoms with Crippen LogP contribution in [0.5, 0.6) is 5.75 Å². The molecule has 1 heterocycles. The van der Waals surface area contributed by atoms with Gasteiger partial charge in [-0.15, -0.1) is 0 Å². The van der Waals surface area contributed by atoms with E-state index in [1.165, 1.54) is 0 Å². The molecule has 0 unspecified atom stereocenters. The summed E-state index contributed by atoms with van der Waals surface area (Å²) >= 11 is 1.67. The molecular formula is C25H34N2O3S. The van der Waals surface area contributed by atoms with Crippen molar-refractivity contribution in [1.29, 1.82) is 0 Å². The van der Waals surface area contributed by atoms with Crippen molar-refractivity contribution in [3.8, 4) is 5.75 Å². The molecule has 0 atom stereocenters. The number of rotatable bonds is 8. The summed E-state index contributed by atoms with van der Waals surface area (Å²) in [6, 6.07) is 14.2. The van der Waals surface area contributed by atoms with Gasteiger partial charge < -0.3 is 14.8 Å². The number of carbonyl (C=O) groups is 1.